The molecule has 0 saturated heterocycles. The van der Waals surface area contributed by atoms with E-state index in [1.807, 2.05) is 19.1 Å². The highest BCUT2D eigenvalue weighted by atomic mass is 16.7. The number of non-ortho nitro benzene ring substituents is 1. The predicted molar refractivity (Wildman–Crippen MR) is 86.6 cm³/mol. The van der Waals surface area contributed by atoms with Crippen molar-refractivity contribution in [1.82, 2.24) is 0 Å². The molecule has 2 rings (SSSR count). The molecule has 0 aliphatic carbocycles. The van der Waals surface area contributed by atoms with Crippen molar-refractivity contribution in [3.8, 4) is 5.75 Å². The van der Waals surface area contributed by atoms with Gasteiger partial charge in [-0.05, 0) is 30.7 Å². The molecule has 0 unspecified atom stereocenters. The van der Waals surface area contributed by atoms with Gasteiger partial charge < -0.3 is 15.3 Å². The lowest BCUT2D eigenvalue weighted by Gasteiger charge is -2.06. The minimum Gasteiger partial charge on any atom is -0.482 e. The molecule has 0 spiro atoms. The molecule has 0 radical (unpaired) electrons. The molecule has 2 N–H and O–H groups in total. The summed E-state index contributed by atoms with van der Waals surface area (Å²) in [6.45, 7) is 1.54. The van der Waals surface area contributed by atoms with E-state index in [9.17, 15) is 14.9 Å². The molecule has 0 aliphatic rings. The van der Waals surface area contributed by atoms with Gasteiger partial charge in [0.25, 0.3) is 5.69 Å². The lowest BCUT2D eigenvalue weighted by molar-refractivity contribution is -0.384. The van der Waals surface area contributed by atoms with Crippen LogP contribution in [-0.2, 0) is 9.63 Å². The largest absolute Gasteiger partial charge is 0.482 e. The molecule has 0 amide bonds. The average Bonchev–Trinajstić information content (AvgIpc) is 2.59. The number of hydrogen-bond acceptors (Lipinski definition) is 6. The zero-order chi connectivity index (χ0) is 17.5. The van der Waals surface area contributed by atoms with Crippen molar-refractivity contribution < 1.29 is 19.3 Å². The summed E-state index contributed by atoms with van der Waals surface area (Å²) in [7, 11) is 0. The highest BCUT2D eigenvalue weighted by Gasteiger charge is 2.09. The van der Waals surface area contributed by atoms with Crippen molar-refractivity contribution >= 4 is 17.5 Å². The van der Waals surface area contributed by atoms with Crippen LogP contribution in [0.5, 0.6) is 5.75 Å². The minimum absolute atomic E-state index is 0.0739. The van der Waals surface area contributed by atoms with Crippen LogP contribution >= 0.6 is 0 Å². The number of nitrogens with zero attached hydrogens (tertiary/aromatic N) is 2. The standard InChI is InChI=1S/C16H15N3O5/c1-11-4-2-3-5-14(11)23-10-15(20)24-18-16(17)12-6-8-13(9-7-12)19(21)22/h2-9H,10H2,1H3,(H2,17,18). The van der Waals surface area contributed by atoms with Gasteiger partial charge >= 0.3 is 5.97 Å². The maximum absolute atomic E-state index is 11.6. The zero-order valence-electron chi connectivity index (χ0n) is 12.8. The molecule has 0 aromatic heterocycles. The number of carbonyl (C=O) groups is 1. The smallest absolute Gasteiger partial charge is 0.372 e. The Morgan fingerprint density at radius 3 is 2.50 bits per heavy atom. The summed E-state index contributed by atoms with van der Waals surface area (Å²) in [5.41, 5.74) is 6.87. The molecule has 0 aliphatic heterocycles. The van der Waals surface area contributed by atoms with Gasteiger partial charge in [0, 0.05) is 17.7 Å². The Balaban J connectivity index is 1.90. The summed E-state index contributed by atoms with van der Waals surface area (Å²) >= 11 is 0. The monoisotopic (exact) mass is 329 g/mol. The minimum atomic E-state index is -0.719. The quantitative estimate of drug-likeness (QED) is 0.285. The first kappa shape index (κ1) is 16.9. The summed E-state index contributed by atoms with van der Waals surface area (Å²) in [6, 6.07) is 12.6. The van der Waals surface area contributed by atoms with Crippen LogP contribution in [0.1, 0.15) is 11.1 Å². The van der Waals surface area contributed by atoms with Crippen LogP contribution in [0.15, 0.2) is 53.7 Å². The fourth-order valence-electron chi connectivity index (χ4n) is 1.79. The van der Waals surface area contributed by atoms with Gasteiger partial charge in [-0.3, -0.25) is 10.1 Å². The van der Waals surface area contributed by atoms with E-state index in [-0.39, 0.29) is 18.1 Å². The number of oxime groups is 1. The van der Waals surface area contributed by atoms with Crippen LogP contribution in [-0.4, -0.2) is 23.3 Å². The number of aryl methyl sites for hydroxylation is 1. The lowest BCUT2D eigenvalue weighted by atomic mass is 10.2. The Morgan fingerprint density at radius 2 is 1.88 bits per heavy atom. The first-order valence-electron chi connectivity index (χ1n) is 6.94. The number of ether oxygens (including phenoxy) is 1. The second-order valence-corrected chi connectivity index (χ2v) is 4.80. The topological polar surface area (TPSA) is 117 Å². The van der Waals surface area contributed by atoms with E-state index in [4.69, 9.17) is 10.5 Å². The van der Waals surface area contributed by atoms with Crippen molar-refractivity contribution in [3.63, 3.8) is 0 Å². The molecule has 124 valence electrons. The summed E-state index contributed by atoms with van der Waals surface area (Å²) in [5.74, 6) is -0.223. The van der Waals surface area contributed by atoms with Crippen molar-refractivity contribution in [2.45, 2.75) is 6.92 Å². The fraction of sp³-hybridized carbons (Fsp3) is 0.125. The molecule has 0 heterocycles. The molecule has 0 atom stereocenters. The molecule has 0 saturated carbocycles. The summed E-state index contributed by atoms with van der Waals surface area (Å²) in [4.78, 5) is 26.3. The highest BCUT2D eigenvalue weighted by molar-refractivity contribution is 5.97. The van der Waals surface area contributed by atoms with Gasteiger partial charge in [-0.25, -0.2) is 4.79 Å². The van der Waals surface area contributed by atoms with E-state index in [2.05, 4.69) is 9.99 Å². The Kier molecular flexibility index (Phi) is 5.45. The first-order chi connectivity index (χ1) is 11.5. The number of carbonyl (C=O) groups excluding carboxylic acids is 1. The number of amidine groups is 1. The first-order valence-corrected chi connectivity index (χ1v) is 6.94. The zero-order valence-corrected chi connectivity index (χ0v) is 12.8. The number of hydrogen-bond donors (Lipinski definition) is 1. The third-order valence-corrected chi connectivity index (χ3v) is 3.06. The van der Waals surface area contributed by atoms with Gasteiger partial charge in [0.05, 0.1) is 4.92 Å². The highest BCUT2D eigenvalue weighted by Crippen LogP contribution is 2.16. The van der Waals surface area contributed by atoms with Crippen molar-refractivity contribution in [3.05, 3.63) is 69.8 Å². The molecule has 8 nitrogen and oxygen atoms in total. The van der Waals surface area contributed by atoms with Gasteiger partial charge in [-0.2, -0.15) is 0 Å². The molecule has 2 aromatic rings. The SMILES string of the molecule is Cc1ccccc1OCC(=O)O/N=C(/N)c1ccc([N+](=O)[O-])cc1. The van der Waals surface area contributed by atoms with E-state index in [0.717, 1.165) is 5.56 Å². The molecule has 0 fully saturated rings. The Morgan fingerprint density at radius 1 is 1.21 bits per heavy atom. The Hall–Kier alpha value is -3.42. The van der Waals surface area contributed by atoms with Crippen molar-refractivity contribution in [2.75, 3.05) is 6.61 Å². The predicted octanol–water partition coefficient (Wildman–Crippen LogP) is 2.15. The average molecular weight is 329 g/mol. The molecule has 8 heteroatoms. The molecule has 24 heavy (non-hydrogen) atoms. The van der Waals surface area contributed by atoms with Gasteiger partial charge in [0.15, 0.2) is 12.4 Å². The number of nitro groups is 1. The Bertz CT molecular complexity index is 772. The van der Waals surface area contributed by atoms with Gasteiger partial charge in [-0.1, -0.05) is 23.4 Å². The Labute approximate surface area is 137 Å². The normalized spacial score (nSPS) is 11.0. The molecular formula is C16H15N3O5. The van der Waals surface area contributed by atoms with E-state index >= 15 is 0 Å². The third-order valence-electron chi connectivity index (χ3n) is 3.06. The van der Waals surface area contributed by atoms with E-state index in [0.29, 0.717) is 11.3 Å². The van der Waals surface area contributed by atoms with E-state index < -0.39 is 10.9 Å². The van der Waals surface area contributed by atoms with Crippen LogP contribution in [0.4, 0.5) is 5.69 Å². The van der Waals surface area contributed by atoms with Gasteiger partial charge in [0.1, 0.15) is 5.75 Å². The van der Waals surface area contributed by atoms with Crippen LogP contribution in [0.2, 0.25) is 0 Å². The molecule has 2 aromatic carbocycles. The van der Waals surface area contributed by atoms with Gasteiger partial charge in [-0.15, -0.1) is 0 Å². The third kappa shape index (κ3) is 4.54. The number of nitrogens with two attached hydrogens (primary N) is 1. The van der Waals surface area contributed by atoms with Crippen LogP contribution < -0.4 is 10.5 Å². The van der Waals surface area contributed by atoms with Crippen molar-refractivity contribution in [2.24, 2.45) is 10.9 Å². The van der Waals surface area contributed by atoms with E-state index in [1.165, 1.54) is 24.3 Å². The van der Waals surface area contributed by atoms with Crippen LogP contribution in [0.25, 0.3) is 0 Å². The molecule has 0 bridgehead atoms. The van der Waals surface area contributed by atoms with E-state index in [1.54, 1.807) is 12.1 Å². The number of rotatable bonds is 6. The van der Waals surface area contributed by atoms with Crippen molar-refractivity contribution in [1.29, 1.82) is 0 Å². The molecular weight excluding hydrogens is 314 g/mol. The summed E-state index contributed by atoms with van der Waals surface area (Å²) < 4.78 is 5.32. The maximum Gasteiger partial charge on any atom is 0.372 e. The van der Waals surface area contributed by atoms with Crippen LogP contribution in [0, 0.1) is 17.0 Å². The number of benzene rings is 2. The maximum atomic E-state index is 11.6. The lowest BCUT2D eigenvalue weighted by Crippen LogP contribution is -2.18. The van der Waals surface area contributed by atoms with Crippen LogP contribution in [0.3, 0.4) is 0 Å². The number of nitro benzene ring substituents is 1. The second-order valence-electron chi connectivity index (χ2n) is 4.80. The number of para-hydroxylation sites is 1. The second kappa shape index (κ2) is 7.73. The summed E-state index contributed by atoms with van der Waals surface area (Å²) in [6.07, 6.45) is 0. The fourth-order valence-corrected chi connectivity index (χ4v) is 1.79. The van der Waals surface area contributed by atoms with Gasteiger partial charge in [0.2, 0.25) is 0 Å². The summed E-state index contributed by atoms with van der Waals surface area (Å²) in [5, 5.41) is 14.1.